The van der Waals surface area contributed by atoms with Gasteiger partial charge in [0.15, 0.2) is 11.5 Å². The van der Waals surface area contributed by atoms with Gasteiger partial charge in [-0.1, -0.05) is 12.1 Å². The molecule has 0 bridgehead atoms. The highest BCUT2D eigenvalue weighted by Crippen LogP contribution is 2.19. The van der Waals surface area contributed by atoms with Crippen molar-refractivity contribution in [3.63, 3.8) is 0 Å². The van der Waals surface area contributed by atoms with Crippen LogP contribution < -0.4 is 15.6 Å². The fourth-order valence-corrected chi connectivity index (χ4v) is 2.85. The summed E-state index contributed by atoms with van der Waals surface area (Å²) >= 11 is 0. The summed E-state index contributed by atoms with van der Waals surface area (Å²) in [6.45, 7) is 1.94. The van der Waals surface area contributed by atoms with Gasteiger partial charge in [-0.3, -0.25) is 14.2 Å². The molecule has 11 heteroatoms. The van der Waals surface area contributed by atoms with Crippen LogP contribution in [0.25, 0.3) is 17.0 Å². The Bertz CT molecular complexity index is 1300. The van der Waals surface area contributed by atoms with E-state index in [0.29, 0.717) is 22.7 Å². The van der Waals surface area contributed by atoms with Gasteiger partial charge in [-0.2, -0.15) is 4.52 Å². The maximum Gasteiger partial charge on any atom is 0.253 e. The van der Waals surface area contributed by atoms with E-state index in [1.54, 1.807) is 31.2 Å². The summed E-state index contributed by atoms with van der Waals surface area (Å²) in [5.74, 6) is -0.0587. The number of halogens is 1. The van der Waals surface area contributed by atoms with Gasteiger partial charge in [-0.25, -0.2) is 9.37 Å². The summed E-state index contributed by atoms with van der Waals surface area (Å²) in [7, 11) is 0. The third-order valence-corrected chi connectivity index (χ3v) is 4.33. The molecule has 0 radical (unpaired) electrons. The monoisotopic (exact) mass is 423 g/mol. The van der Waals surface area contributed by atoms with E-state index < -0.39 is 0 Å². The Labute approximate surface area is 175 Å². The van der Waals surface area contributed by atoms with Gasteiger partial charge < -0.3 is 10.1 Å². The van der Waals surface area contributed by atoms with Crippen LogP contribution in [0.4, 0.5) is 4.39 Å². The Morgan fingerprint density at radius 1 is 1.19 bits per heavy atom. The topological polar surface area (TPSA) is 116 Å². The third kappa shape index (κ3) is 4.71. The maximum absolute atomic E-state index is 13.5. The number of amides is 1. The molecule has 1 N–H and O–H groups in total. The fourth-order valence-electron chi connectivity index (χ4n) is 2.85. The van der Waals surface area contributed by atoms with E-state index in [1.165, 1.54) is 33.6 Å². The highest BCUT2D eigenvalue weighted by molar-refractivity contribution is 5.75. The molecule has 3 heterocycles. The Balaban J connectivity index is 1.35. The second kappa shape index (κ2) is 8.69. The zero-order valence-electron chi connectivity index (χ0n) is 16.5. The second-order valence-corrected chi connectivity index (χ2v) is 6.67. The molecule has 0 spiro atoms. The van der Waals surface area contributed by atoms with Gasteiger partial charge in [0.25, 0.3) is 5.56 Å². The molecule has 0 aliphatic heterocycles. The fraction of sp³-hybridized carbons (Fsp3) is 0.200. The Hall–Kier alpha value is -4.15. The first kappa shape index (κ1) is 20.1. The molecule has 0 atom stereocenters. The van der Waals surface area contributed by atoms with Gasteiger partial charge in [-0.15, -0.1) is 15.3 Å². The highest BCUT2D eigenvalue weighted by Gasteiger charge is 2.11. The van der Waals surface area contributed by atoms with E-state index in [9.17, 15) is 14.0 Å². The predicted molar refractivity (Wildman–Crippen MR) is 108 cm³/mol. The lowest BCUT2D eigenvalue weighted by Gasteiger charge is -2.08. The summed E-state index contributed by atoms with van der Waals surface area (Å²) in [5.41, 5.74) is 1.31. The number of nitrogens with zero attached hydrogens (tertiary/aromatic N) is 6. The van der Waals surface area contributed by atoms with Crippen LogP contribution in [0.2, 0.25) is 0 Å². The van der Waals surface area contributed by atoms with Crippen molar-refractivity contribution in [2.24, 2.45) is 0 Å². The molecule has 1 amide bonds. The summed E-state index contributed by atoms with van der Waals surface area (Å²) < 4.78 is 21.8. The molecular formula is C20H18FN7O3. The summed E-state index contributed by atoms with van der Waals surface area (Å²) in [6, 6.07) is 10.6. The lowest BCUT2D eigenvalue weighted by atomic mass is 10.2. The van der Waals surface area contributed by atoms with Crippen molar-refractivity contribution in [1.82, 2.24) is 34.7 Å². The van der Waals surface area contributed by atoms with Gasteiger partial charge >= 0.3 is 0 Å². The van der Waals surface area contributed by atoms with Crippen molar-refractivity contribution in [2.45, 2.75) is 13.5 Å². The molecule has 0 aliphatic carbocycles. The molecule has 1 aromatic carbocycles. The number of carbonyl (C=O) groups is 1. The first-order valence-electron chi connectivity index (χ1n) is 9.40. The van der Waals surface area contributed by atoms with Gasteiger partial charge in [0.05, 0.1) is 12.9 Å². The van der Waals surface area contributed by atoms with E-state index in [2.05, 4.69) is 25.6 Å². The normalized spacial score (nSPS) is 10.9. The SMILES string of the molecule is Cc1cc(=O)n(CC(=O)NCCOc2ccc3nnc(-c4cccc(F)c4)n3n2)cn1. The number of hydrogen-bond donors (Lipinski definition) is 1. The Kier molecular flexibility index (Phi) is 5.65. The van der Waals surface area contributed by atoms with Crippen molar-refractivity contribution in [1.29, 1.82) is 0 Å². The van der Waals surface area contributed by atoms with Crippen LogP contribution in [0, 0.1) is 12.7 Å². The number of ether oxygens (including phenoxy) is 1. The molecule has 4 rings (SSSR count). The largest absolute Gasteiger partial charge is 0.475 e. The van der Waals surface area contributed by atoms with E-state index in [-0.39, 0.29) is 42.9 Å². The number of benzene rings is 1. The molecule has 10 nitrogen and oxygen atoms in total. The molecule has 31 heavy (non-hydrogen) atoms. The number of hydrogen-bond acceptors (Lipinski definition) is 7. The van der Waals surface area contributed by atoms with Crippen molar-refractivity contribution in [3.05, 3.63) is 70.7 Å². The van der Waals surface area contributed by atoms with E-state index in [1.807, 2.05) is 0 Å². The molecule has 0 saturated heterocycles. The van der Waals surface area contributed by atoms with Crippen LogP contribution in [0.5, 0.6) is 5.88 Å². The number of aromatic nitrogens is 6. The standard InChI is InChI=1S/C20H18FN7O3/c1-13-9-19(30)27(12-23-13)11-17(29)22-7-8-31-18-6-5-16-24-25-20(28(16)26-18)14-3-2-4-15(21)10-14/h2-6,9-10,12H,7-8,11H2,1H3,(H,22,29). The minimum absolute atomic E-state index is 0.131. The molecule has 3 aromatic heterocycles. The van der Waals surface area contributed by atoms with Crippen LogP contribution in [-0.2, 0) is 11.3 Å². The predicted octanol–water partition coefficient (Wildman–Crippen LogP) is 0.991. The van der Waals surface area contributed by atoms with Crippen LogP contribution in [0.1, 0.15) is 5.69 Å². The van der Waals surface area contributed by atoms with Crippen molar-refractivity contribution in [2.75, 3.05) is 13.2 Å². The van der Waals surface area contributed by atoms with Gasteiger partial charge in [0.1, 0.15) is 19.0 Å². The maximum atomic E-state index is 13.5. The average molecular weight is 423 g/mol. The first-order valence-corrected chi connectivity index (χ1v) is 9.40. The van der Waals surface area contributed by atoms with E-state index >= 15 is 0 Å². The first-order chi connectivity index (χ1) is 15.0. The smallest absolute Gasteiger partial charge is 0.253 e. The van der Waals surface area contributed by atoms with Crippen LogP contribution in [-0.4, -0.2) is 48.4 Å². The zero-order chi connectivity index (χ0) is 21.8. The Morgan fingerprint density at radius 3 is 2.87 bits per heavy atom. The van der Waals surface area contributed by atoms with Crippen LogP contribution in [0.3, 0.4) is 0 Å². The summed E-state index contributed by atoms with van der Waals surface area (Å²) in [4.78, 5) is 27.8. The minimum Gasteiger partial charge on any atom is -0.475 e. The van der Waals surface area contributed by atoms with Crippen LogP contribution >= 0.6 is 0 Å². The highest BCUT2D eigenvalue weighted by atomic mass is 19.1. The van der Waals surface area contributed by atoms with Gasteiger partial charge in [0.2, 0.25) is 11.8 Å². The minimum atomic E-state index is -0.388. The van der Waals surface area contributed by atoms with E-state index in [0.717, 1.165) is 0 Å². The van der Waals surface area contributed by atoms with Gasteiger partial charge in [0, 0.05) is 23.4 Å². The van der Waals surface area contributed by atoms with Crippen molar-refractivity contribution in [3.8, 4) is 17.3 Å². The quantitative estimate of drug-likeness (QED) is 0.441. The molecule has 158 valence electrons. The third-order valence-electron chi connectivity index (χ3n) is 4.33. The number of fused-ring (bicyclic) bond motifs is 1. The zero-order valence-corrected chi connectivity index (χ0v) is 16.5. The van der Waals surface area contributed by atoms with Gasteiger partial charge in [-0.05, 0) is 25.1 Å². The number of nitrogens with one attached hydrogen (secondary N) is 1. The van der Waals surface area contributed by atoms with Crippen molar-refractivity contribution < 1.29 is 13.9 Å². The van der Waals surface area contributed by atoms with Crippen LogP contribution in [0.15, 0.2) is 53.6 Å². The lowest BCUT2D eigenvalue weighted by molar-refractivity contribution is -0.121. The average Bonchev–Trinajstić information content (AvgIpc) is 3.16. The number of aryl methyl sites for hydroxylation is 1. The second-order valence-electron chi connectivity index (χ2n) is 6.67. The summed E-state index contributed by atoms with van der Waals surface area (Å²) in [6.07, 6.45) is 1.34. The van der Waals surface area contributed by atoms with Crippen molar-refractivity contribution >= 4 is 11.6 Å². The number of rotatable bonds is 7. The number of carbonyl (C=O) groups excluding carboxylic acids is 1. The lowest BCUT2D eigenvalue weighted by Crippen LogP contribution is -2.34. The Morgan fingerprint density at radius 2 is 2.06 bits per heavy atom. The molecule has 0 unspecified atom stereocenters. The molecule has 4 aromatic rings. The molecule has 0 saturated carbocycles. The molecular weight excluding hydrogens is 405 g/mol. The van der Waals surface area contributed by atoms with E-state index in [4.69, 9.17) is 4.74 Å². The molecule has 0 aliphatic rings. The summed E-state index contributed by atoms with van der Waals surface area (Å²) in [5, 5.41) is 15.1. The molecule has 0 fully saturated rings.